The Morgan fingerprint density at radius 1 is 1.00 bits per heavy atom. The molecule has 4 rings (SSSR count). The summed E-state index contributed by atoms with van der Waals surface area (Å²) in [5.74, 6) is 3.38. The molecule has 1 aromatic rings. The van der Waals surface area contributed by atoms with Crippen LogP contribution in [0.1, 0.15) is 37.2 Å². The van der Waals surface area contributed by atoms with Gasteiger partial charge >= 0.3 is 0 Å². The standard InChI is InChI=1S/C15H19NO2/c1-2-4-10(3-1)12-9-16-13-8-15-14(7-11(12)13)17-5-6-18-15/h7-8,10,12,16H,1-6,9H2. The fourth-order valence-electron chi connectivity index (χ4n) is 3.67. The zero-order valence-corrected chi connectivity index (χ0v) is 10.6. The molecule has 3 aliphatic rings. The molecule has 3 heteroatoms. The molecule has 2 heterocycles. The molecule has 0 saturated heterocycles. The molecule has 96 valence electrons. The predicted octanol–water partition coefficient (Wildman–Crippen LogP) is 3.16. The lowest BCUT2D eigenvalue weighted by atomic mass is 9.86. The molecular formula is C15H19NO2. The third-order valence-corrected chi connectivity index (χ3v) is 4.60. The molecule has 1 aliphatic carbocycles. The van der Waals surface area contributed by atoms with Gasteiger partial charge in [-0.15, -0.1) is 0 Å². The van der Waals surface area contributed by atoms with E-state index < -0.39 is 0 Å². The Bertz CT molecular complexity index is 466. The minimum Gasteiger partial charge on any atom is -0.486 e. The van der Waals surface area contributed by atoms with Gasteiger partial charge in [0.15, 0.2) is 11.5 Å². The van der Waals surface area contributed by atoms with Crippen molar-refractivity contribution in [2.45, 2.75) is 31.6 Å². The highest BCUT2D eigenvalue weighted by Gasteiger charge is 2.33. The average Bonchev–Trinajstić information content (AvgIpc) is 3.04. The SMILES string of the molecule is c1c2c(cc3c1OCCO3)C(C1CCCC1)CN2. The molecule has 0 aromatic heterocycles. The van der Waals surface area contributed by atoms with Crippen molar-refractivity contribution in [3.05, 3.63) is 17.7 Å². The minimum absolute atomic E-state index is 0.665. The number of hydrogen-bond acceptors (Lipinski definition) is 3. The molecule has 1 N–H and O–H groups in total. The van der Waals surface area contributed by atoms with E-state index >= 15 is 0 Å². The first kappa shape index (κ1) is 10.5. The number of ether oxygens (including phenoxy) is 2. The van der Waals surface area contributed by atoms with Crippen LogP contribution in [0.5, 0.6) is 11.5 Å². The highest BCUT2D eigenvalue weighted by Crippen LogP contribution is 2.47. The number of rotatable bonds is 1. The summed E-state index contributed by atoms with van der Waals surface area (Å²) in [6.07, 6.45) is 5.59. The molecule has 1 unspecified atom stereocenters. The Kier molecular flexibility index (Phi) is 2.39. The van der Waals surface area contributed by atoms with Crippen molar-refractivity contribution in [2.75, 3.05) is 25.1 Å². The summed E-state index contributed by atoms with van der Waals surface area (Å²) in [6, 6.07) is 4.34. The van der Waals surface area contributed by atoms with E-state index in [9.17, 15) is 0 Å². The van der Waals surface area contributed by atoms with Gasteiger partial charge in [0.05, 0.1) is 0 Å². The van der Waals surface area contributed by atoms with E-state index in [1.165, 1.54) is 36.9 Å². The van der Waals surface area contributed by atoms with E-state index in [2.05, 4.69) is 17.4 Å². The first-order valence-electron chi connectivity index (χ1n) is 7.09. The van der Waals surface area contributed by atoms with Crippen LogP contribution in [0.2, 0.25) is 0 Å². The molecule has 0 radical (unpaired) electrons. The average molecular weight is 245 g/mol. The summed E-state index contributed by atoms with van der Waals surface area (Å²) in [5, 5.41) is 3.54. The summed E-state index contributed by atoms with van der Waals surface area (Å²) in [5.41, 5.74) is 2.71. The van der Waals surface area contributed by atoms with E-state index in [1.807, 2.05) is 0 Å². The fourth-order valence-corrected chi connectivity index (χ4v) is 3.67. The van der Waals surface area contributed by atoms with Crippen LogP contribution in [0.4, 0.5) is 5.69 Å². The van der Waals surface area contributed by atoms with Gasteiger partial charge in [0.2, 0.25) is 0 Å². The molecule has 0 spiro atoms. The molecule has 1 saturated carbocycles. The maximum absolute atomic E-state index is 5.71. The van der Waals surface area contributed by atoms with Crippen molar-refractivity contribution in [3.8, 4) is 11.5 Å². The van der Waals surface area contributed by atoms with E-state index in [-0.39, 0.29) is 0 Å². The first-order valence-corrected chi connectivity index (χ1v) is 7.09. The van der Waals surface area contributed by atoms with Crippen LogP contribution < -0.4 is 14.8 Å². The molecule has 2 aliphatic heterocycles. The second-order valence-electron chi connectivity index (χ2n) is 5.62. The van der Waals surface area contributed by atoms with Gasteiger partial charge in [-0.3, -0.25) is 0 Å². The Hall–Kier alpha value is -1.38. The van der Waals surface area contributed by atoms with Gasteiger partial charge in [-0.1, -0.05) is 12.8 Å². The van der Waals surface area contributed by atoms with Crippen molar-refractivity contribution in [2.24, 2.45) is 5.92 Å². The normalized spacial score (nSPS) is 25.9. The minimum atomic E-state index is 0.665. The lowest BCUT2D eigenvalue weighted by Crippen LogP contribution is -2.16. The quantitative estimate of drug-likeness (QED) is 0.824. The molecule has 1 aromatic carbocycles. The lowest BCUT2D eigenvalue weighted by Gasteiger charge is -2.22. The summed E-state index contributed by atoms with van der Waals surface area (Å²) in [7, 11) is 0. The first-order chi connectivity index (χ1) is 8.92. The smallest absolute Gasteiger partial charge is 0.163 e. The zero-order valence-electron chi connectivity index (χ0n) is 10.6. The Morgan fingerprint density at radius 2 is 1.72 bits per heavy atom. The molecule has 1 fully saturated rings. The predicted molar refractivity (Wildman–Crippen MR) is 70.6 cm³/mol. The van der Waals surface area contributed by atoms with Gasteiger partial charge in [0.25, 0.3) is 0 Å². The zero-order chi connectivity index (χ0) is 11.9. The summed E-state index contributed by atoms with van der Waals surface area (Å²) in [4.78, 5) is 0. The highest BCUT2D eigenvalue weighted by molar-refractivity contribution is 5.65. The van der Waals surface area contributed by atoms with Gasteiger partial charge in [-0.2, -0.15) is 0 Å². The topological polar surface area (TPSA) is 30.5 Å². The summed E-state index contributed by atoms with van der Waals surface area (Å²) in [6.45, 7) is 2.42. The number of fused-ring (bicyclic) bond motifs is 2. The second kappa shape index (κ2) is 4.08. The lowest BCUT2D eigenvalue weighted by molar-refractivity contribution is 0.171. The van der Waals surface area contributed by atoms with Gasteiger partial charge in [0.1, 0.15) is 13.2 Å². The molecule has 18 heavy (non-hydrogen) atoms. The monoisotopic (exact) mass is 245 g/mol. The van der Waals surface area contributed by atoms with E-state index in [4.69, 9.17) is 9.47 Å². The van der Waals surface area contributed by atoms with Gasteiger partial charge < -0.3 is 14.8 Å². The van der Waals surface area contributed by atoms with Crippen LogP contribution in [0, 0.1) is 5.92 Å². The summed E-state index contributed by atoms with van der Waals surface area (Å²) >= 11 is 0. The molecule has 0 amide bonds. The van der Waals surface area contributed by atoms with Crippen LogP contribution in [-0.2, 0) is 0 Å². The Morgan fingerprint density at radius 3 is 2.50 bits per heavy atom. The van der Waals surface area contributed by atoms with Crippen molar-refractivity contribution < 1.29 is 9.47 Å². The number of nitrogens with one attached hydrogen (secondary N) is 1. The molecule has 1 atom stereocenters. The maximum Gasteiger partial charge on any atom is 0.163 e. The molecular weight excluding hydrogens is 226 g/mol. The Balaban J connectivity index is 1.70. The van der Waals surface area contributed by atoms with E-state index in [0.717, 1.165) is 24.0 Å². The molecule has 0 bridgehead atoms. The van der Waals surface area contributed by atoms with Crippen LogP contribution in [0.3, 0.4) is 0 Å². The second-order valence-corrected chi connectivity index (χ2v) is 5.62. The van der Waals surface area contributed by atoms with Crippen LogP contribution in [0.25, 0.3) is 0 Å². The van der Waals surface area contributed by atoms with Gasteiger partial charge in [-0.05, 0) is 30.4 Å². The highest BCUT2D eigenvalue weighted by atomic mass is 16.6. The number of hydrogen-bond donors (Lipinski definition) is 1. The maximum atomic E-state index is 5.71. The van der Waals surface area contributed by atoms with Crippen molar-refractivity contribution >= 4 is 5.69 Å². The Labute approximate surface area is 107 Å². The van der Waals surface area contributed by atoms with Gasteiger partial charge in [0, 0.05) is 24.2 Å². The van der Waals surface area contributed by atoms with Crippen LogP contribution in [-0.4, -0.2) is 19.8 Å². The van der Waals surface area contributed by atoms with Crippen molar-refractivity contribution in [1.29, 1.82) is 0 Å². The molecule has 3 nitrogen and oxygen atoms in total. The van der Waals surface area contributed by atoms with Crippen molar-refractivity contribution in [1.82, 2.24) is 0 Å². The van der Waals surface area contributed by atoms with Gasteiger partial charge in [-0.25, -0.2) is 0 Å². The van der Waals surface area contributed by atoms with E-state index in [0.29, 0.717) is 19.1 Å². The summed E-state index contributed by atoms with van der Waals surface area (Å²) < 4.78 is 11.4. The third-order valence-electron chi connectivity index (χ3n) is 4.60. The van der Waals surface area contributed by atoms with E-state index in [1.54, 1.807) is 0 Å². The fraction of sp³-hybridized carbons (Fsp3) is 0.600. The van der Waals surface area contributed by atoms with Crippen molar-refractivity contribution in [3.63, 3.8) is 0 Å². The number of benzene rings is 1. The van der Waals surface area contributed by atoms with Crippen LogP contribution in [0.15, 0.2) is 12.1 Å². The largest absolute Gasteiger partial charge is 0.486 e. The van der Waals surface area contributed by atoms with Crippen LogP contribution >= 0.6 is 0 Å². The number of anilines is 1. The third kappa shape index (κ3) is 1.57.